The Bertz CT molecular complexity index is 893. The van der Waals surface area contributed by atoms with Gasteiger partial charge in [0.25, 0.3) is 11.5 Å². The molecule has 6 nitrogen and oxygen atoms in total. The van der Waals surface area contributed by atoms with Gasteiger partial charge < -0.3 is 9.73 Å². The molecule has 3 aromatic heterocycles. The quantitative estimate of drug-likeness (QED) is 0.780. The van der Waals surface area contributed by atoms with Gasteiger partial charge in [0.1, 0.15) is 10.6 Å². The zero-order chi connectivity index (χ0) is 16.4. The van der Waals surface area contributed by atoms with Gasteiger partial charge in [0.05, 0.1) is 29.4 Å². The Labute approximate surface area is 136 Å². The van der Waals surface area contributed by atoms with Gasteiger partial charge in [-0.1, -0.05) is 6.92 Å². The van der Waals surface area contributed by atoms with Crippen LogP contribution >= 0.6 is 11.3 Å². The van der Waals surface area contributed by atoms with Crippen molar-refractivity contribution in [3.8, 4) is 0 Å². The number of amides is 1. The highest BCUT2D eigenvalue weighted by molar-refractivity contribution is 7.20. The molecule has 120 valence electrons. The summed E-state index contributed by atoms with van der Waals surface area (Å²) in [6.07, 6.45) is 3.97. The van der Waals surface area contributed by atoms with E-state index < -0.39 is 0 Å². The van der Waals surface area contributed by atoms with E-state index >= 15 is 0 Å². The lowest BCUT2D eigenvalue weighted by atomic mass is 10.2. The lowest BCUT2D eigenvalue weighted by Crippen LogP contribution is -2.23. The molecular formula is C16H17N3O3S. The van der Waals surface area contributed by atoms with Crippen LogP contribution in [0.4, 0.5) is 0 Å². The molecular weight excluding hydrogens is 314 g/mol. The van der Waals surface area contributed by atoms with Gasteiger partial charge in [-0.3, -0.25) is 14.2 Å². The summed E-state index contributed by atoms with van der Waals surface area (Å²) in [5.74, 6) is 0.462. The van der Waals surface area contributed by atoms with Crippen LogP contribution in [0.3, 0.4) is 0 Å². The molecule has 3 rings (SSSR count). The Morgan fingerprint density at radius 2 is 2.30 bits per heavy atom. The Morgan fingerprint density at radius 1 is 1.48 bits per heavy atom. The predicted molar refractivity (Wildman–Crippen MR) is 88.8 cm³/mol. The summed E-state index contributed by atoms with van der Waals surface area (Å²) < 4.78 is 6.78. The van der Waals surface area contributed by atoms with Crippen LogP contribution in [0.5, 0.6) is 0 Å². The SMILES string of the molecule is CCCn1cnc2sc(C(=O)NCc3ccco3)c(C)c2c1=O. The summed E-state index contributed by atoms with van der Waals surface area (Å²) in [5.41, 5.74) is 0.598. The van der Waals surface area contributed by atoms with Crippen molar-refractivity contribution >= 4 is 27.5 Å². The van der Waals surface area contributed by atoms with E-state index in [1.807, 2.05) is 6.92 Å². The van der Waals surface area contributed by atoms with Crippen LogP contribution in [0.15, 0.2) is 33.9 Å². The zero-order valence-corrected chi connectivity index (χ0v) is 13.8. The molecule has 0 spiro atoms. The number of furan rings is 1. The summed E-state index contributed by atoms with van der Waals surface area (Å²) in [6.45, 7) is 4.73. The molecule has 0 aromatic carbocycles. The highest BCUT2D eigenvalue weighted by Crippen LogP contribution is 2.26. The molecule has 3 aromatic rings. The van der Waals surface area contributed by atoms with Crippen LogP contribution in [0.1, 0.15) is 34.3 Å². The van der Waals surface area contributed by atoms with Gasteiger partial charge in [-0.05, 0) is 31.0 Å². The molecule has 0 radical (unpaired) electrons. The molecule has 0 aliphatic carbocycles. The number of rotatable bonds is 5. The molecule has 0 saturated carbocycles. The Kier molecular flexibility index (Phi) is 4.29. The molecule has 3 heterocycles. The van der Waals surface area contributed by atoms with E-state index in [-0.39, 0.29) is 11.5 Å². The fraction of sp³-hybridized carbons (Fsp3) is 0.312. The molecule has 0 bridgehead atoms. The van der Waals surface area contributed by atoms with Gasteiger partial charge in [-0.2, -0.15) is 0 Å². The molecule has 0 unspecified atom stereocenters. The normalized spacial score (nSPS) is 11.0. The summed E-state index contributed by atoms with van der Waals surface area (Å²) in [7, 11) is 0. The highest BCUT2D eigenvalue weighted by Gasteiger charge is 2.19. The fourth-order valence-electron chi connectivity index (χ4n) is 2.44. The monoisotopic (exact) mass is 331 g/mol. The van der Waals surface area contributed by atoms with Gasteiger partial charge in [0, 0.05) is 6.54 Å². The first-order valence-corrected chi connectivity index (χ1v) is 8.22. The van der Waals surface area contributed by atoms with Crippen LogP contribution in [0.2, 0.25) is 0 Å². The van der Waals surface area contributed by atoms with E-state index in [0.717, 1.165) is 6.42 Å². The second-order valence-electron chi connectivity index (χ2n) is 5.24. The van der Waals surface area contributed by atoms with E-state index in [0.29, 0.717) is 39.5 Å². The minimum Gasteiger partial charge on any atom is -0.467 e. The molecule has 23 heavy (non-hydrogen) atoms. The maximum Gasteiger partial charge on any atom is 0.262 e. The minimum absolute atomic E-state index is 0.0873. The van der Waals surface area contributed by atoms with Crippen molar-refractivity contribution in [2.45, 2.75) is 33.4 Å². The fourth-order valence-corrected chi connectivity index (χ4v) is 3.49. The van der Waals surface area contributed by atoms with E-state index in [4.69, 9.17) is 4.42 Å². The summed E-state index contributed by atoms with van der Waals surface area (Å²) in [4.78, 5) is 30.3. The smallest absolute Gasteiger partial charge is 0.262 e. The van der Waals surface area contributed by atoms with Crippen LogP contribution in [-0.2, 0) is 13.1 Å². The zero-order valence-electron chi connectivity index (χ0n) is 13.0. The average Bonchev–Trinajstić information content (AvgIpc) is 3.16. The van der Waals surface area contributed by atoms with Crippen molar-refractivity contribution in [1.82, 2.24) is 14.9 Å². The van der Waals surface area contributed by atoms with Crippen LogP contribution in [-0.4, -0.2) is 15.5 Å². The van der Waals surface area contributed by atoms with Crippen LogP contribution in [0.25, 0.3) is 10.2 Å². The van der Waals surface area contributed by atoms with Crippen LogP contribution in [0, 0.1) is 6.92 Å². The van der Waals surface area contributed by atoms with E-state index in [2.05, 4.69) is 10.3 Å². The van der Waals surface area contributed by atoms with Crippen LogP contribution < -0.4 is 10.9 Å². The van der Waals surface area contributed by atoms with Crippen molar-refractivity contribution in [2.24, 2.45) is 0 Å². The third kappa shape index (κ3) is 2.92. The second kappa shape index (κ2) is 6.37. The Hall–Kier alpha value is -2.41. The van der Waals surface area contributed by atoms with E-state index in [9.17, 15) is 9.59 Å². The minimum atomic E-state index is -0.219. The summed E-state index contributed by atoms with van der Waals surface area (Å²) in [6, 6.07) is 3.56. The lowest BCUT2D eigenvalue weighted by Gasteiger charge is -2.03. The van der Waals surface area contributed by atoms with Gasteiger partial charge in [-0.25, -0.2) is 4.98 Å². The average molecular weight is 331 g/mol. The summed E-state index contributed by atoms with van der Waals surface area (Å²) >= 11 is 1.24. The third-order valence-corrected chi connectivity index (χ3v) is 4.79. The third-order valence-electron chi connectivity index (χ3n) is 3.59. The molecule has 0 aliphatic heterocycles. The van der Waals surface area contributed by atoms with Gasteiger partial charge in [-0.15, -0.1) is 11.3 Å². The number of thiophene rings is 1. The molecule has 1 amide bonds. The maximum atomic E-state index is 12.5. The van der Waals surface area contributed by atoms with Gasteiger partial charge in [0.15, 0.2) is 0 Å². The van der Waals surface area contributed by atoms with Crippen molar-refractivity contribution < 1.29 is 9.21 Å². The number of aromatic nitrogens is 2. The molecule has 0 saturated heterocycles. The van der Waals surface area contributed by atoms with Gasteiger partial charge >= 0.3 is 0 Å². The molecule has 1 N–H and O–H groups in total. The van der Waals surface area contributed by atoms with E-state index in [1.54, 1.807) is 36.2 Å². The standard InChI is InChI=1S/C16H17N3O3S/c1-3-6-19-9-18-15-12(16(19)21)10(2)13(23-15)14(20)17-8-11-5-4-7-22-11/h4-5,7,9H,3,6,8H2,1-2H3,(H,17,20). The van der Waals surface area contributed by atoms with Gasteiger partial charge in [0.2, 0.25) is 0 Å². The number of fused-ring (bicyclic) bond motifs is 1. The number of hydrogen-bond donors (Lipinski definition) is 1. The Morgan fingerprint density at radius 3 is 3.00 bits per heavy atom. The first-order chi connectivity index (χ1) is 11.1. The molecule has 0 atom stereocenters. The number of carbonyl (C=O) groups is 1. The highest BCUT2D eigenvalue weighted by atomic mass is 32.1. The molecule has 0 fully saturated rings. The van der Waals surface area contributed by atoms with Crippen molar-refractivity contribution in [3.63, 3.8) is 0 Å². The largest absolute Gasteiger partial charge is 0.467 e. The summed E-state index contributed by atoms with van der Waals surface area (Å²) in [5, 5.41) is 3.34. The number of carbonyl (C=O) groups excluding carboxylic acids is 1. The van der Waals surface area contributed by atoms with Crippen molar-refractivity contribution in [1.29, 1.82) is 0 Å². The molecule has 0 aliphatic rings. The Balaban J connectivity index is 1.92. The maximum absolute atomic E-state index is 12.5. The van der Waals surface area contributed by atoms with Crippen molar-refractivity contribution in [3.05, 3.63) is 51.3 Å². The number of aryl methyl sites for hydroxylation is 2. The predicted octanol–water partition coefficient (Wildman–Crippen LogP) is 2.70. The number of hydrogen-bond acceptors (Lipinski definition) is 5. The first kappa shape index (κ1) is 15.5. The number of nitrogens with zero attached hydrogens (tertiary/aromatic N) is 2. The van der Waals surface area contributed by atoms with E-state index in [1.165, 1.54) is 11.3 Å². The first-order valence-electron chi connectivity index (χ1n) is 7.41. The number of nitrogens with one attached hydrogen (secondary N) is 1. The molecule has 7 heteroatoms. The topological polar surface area (TPSA) is 77.1 Å². The lowest BCUT2D eigenvalue weighted by molar-refractivity contribution is 0.0951. The second-order valence-corrected chi connectivity index (χ2v) is 6.24. The van der Waals surface area contributed by atoms with Crippen molar-refractivity contribution in [2.75, 3.05) is 0 Å².